The lowest BCUT2D eigenvalue weighted by Gasteiger charge is -2.10. The lowest BCUT2D eigenvalue weighted by molar-refractivity contribution is -0.112. The van der Waals surface area contributed by atoms with Gasteiger partial charge in [0.2, 0.25) is 0 Å². The van der Waals surface area contributed by atoms with E-state index in [2.05, 4.69) is 10.6 Å². The minimum atomic E-state index is -0.617. The van der Waals surface area contributed by atoms with E-state index in [1.165, 1.54) is 13.3 Å². The molecule has 25 heavy (non-hydrogen) atoms. The summed E-state index contributed by atoms with van der Waals surface area (Å²) in [5, 5.41) is 14.6. The van der Waals surface area contributed by atoms with Gasteiger partial charge >= 0.3 is 0 Å². The Labute approximate surface area is 144 Å². The van der Waals surface area contributed by atoms with Gasteiger partial charge in [-0.1, -0.05) is 24.3 Å². The number of amides is 2. The smallest absolute Gasteiger partial charge is 0.267 e. The Hall–Kier alpha value is -3.79. The predicted octanol–water partition coefficient (Wildman–Crippen LogP) is 2.25. The third-order valence-electron chi connectivity index (χ3n) is 3.28. The molecule has 2 aromatic carbocycles. The van der Waals surface area contributed by atoms with Crippen LogP contribution in [0.15, 0.2) is 60.3 Å². The molecule has 0 radical (unpaired) electrons. The average molecular weight is 336 g/mol. The Balaban J connectivity index is 2.19. The molecule has 2 amide bonds. The highest BCUT2D eigenvalue weighted by molar-refractivity contribution is 6.07. The lowest BCUT2D eigenvalue weighted by atomic mass is 10.1. The molecule has 0 spiro atoms. The first-order valence-corrected chi connectivity index (χ1v) is 7.26. The van der Waals surface area contributed by atoms with Crippen molar-refractivity contribution >= 4 is 23.2 Å². The van der Waals surface area contributed by atoms with Gasteiger partial charge < -0.3 is 21.1 Å². The van der Waals surface area contributed by atoms with Crippen LogP contribution in [0, 0.1) is 11.3 Å². The van der Waals surface area contributed by atoms with Gasteiger partial charge in [-0.25, -0.2) is 0 Å². The molecule has 0 fully saturated rings. The lowest BCUT2D eigenvalue weighted by Crippen LogP contribution is -2.16. The largest absolute Gasteiger partial charge is 0.495 e. The SMILES string of the molecule is COc1ccccc1NC(=O)/C(C#N)=C\Nc1ccccc1C(N)=O. The van der Waals surface area contributed by atoms with Crippen molar-refractivity contribution in [3.05, 3.63) is 65.9 Å². The van der Waals surface area contributed by atoms with Gasteiger partial charge in [-0.2, -0.15) is 5.26 Å². The van der Waals surface area contributed by atoms with Crippen molar-refractivity contribution in [2.45, 2.75) is 0 Å². The normalized spacial score (nSPS) is 10.5. The van der Waals surface area contributed by atoms with E-state index >= 15 is 0 Å². The van der Waals surface area contributed by atoms with Crippen molar-refractivity contribution < 1.29 is 14.3 Å². The van der Waals surface area contributed by atoms with Crippen molar-refractivity contribution in [3.8, 4) is 11.8 Å². The molecule has 0 aromatic heterocycles. The van der Waals surface area contributed by atoms with E-state index < -0.39 is 11.8 Å². The summed E-state index contributed by atoms with van der Waals surface area (Å²) >= 11 is 0. The molecule has 2 rings (SSSR count). The number of nitriles is 1. The molecule has 0 unspecified atom stereocenters. The van der Waals surface area contributed by atoms with Gasteiger partial charge in [0.1, 0.15) is 17.4 Å². The molecule has 0 bridgehead atoms. The average Bonchev–Trinajstić information content (AvgIpc) is 2.63. The van der Waals surface area contributed by atoms with Crippen LogP contribution in [0.5, 0.6) is 5.75 Å². The van der Waals surface area contributed by atoms with Crippen LogP contribution in [0.25, 0.3) is 0 Å². The fourth-order valence-electron chi connectivity index (χ4n) is 2.06. The molecule has 7 nitrogen and oxygen atoms in total. The summed E-state index contributed by atoms with van der Waals surface area (Å²) < 4.78 is 5.15. The standard InChI is InChI=1S/C18H16N4O3/c1-25-16-9-5-4-8-15(16)22-18(24)12(10-19)11-21-14-7-3-2-6-13(14)17(20)23/h2-9,11,21H,1H3,(H2,20,23)(H,22,24)/b12-11-. The number of methoxy groups -OCH3 is 1. The molecule has 0 atom stereocenters. The zero-order valence-electron chi connectivity index (χ0n) is 13.4. The summed E-state index contributed by atoms with van der Waals surface area (Å²) in [5.41, 5.74) is 6.20. The number of carbonyl (C=O) groups is 2. The molecule has 0 heterocycles. The van der Waals surface area contributed by atoms with Crippen molar-refractivity contribution in [3.63, 3.8) is 0 Å². The number of nitrogens with zero attached hydrogens (tertiary/aromatic N) is 1. The number of hydrogen-bond acceptors (Lipinski definition) is 5. The van der Waals surface area contributed by atoms with Crippen LogP contribution in [-0.4, -0.2) is 18.9 Å². The van der Waals surface area contributed by atoms with Crippen LogP contribution in [0.3, 0.4) is 0 Å². The number of para-hydroxylation sites is 3. The highest BCUT2D eigenvalue weighted by Gasteiger charge is 2.13. The van der Waals surface area contributed by atoms with Gasteiger partial charge in [-0.15, -0.1) is 0 Å². The number of hydrogen-bond donors (Lipinski definition) is 3. The van der Waals surface area contributed by atoms with Crippen LogP contribution < -0.4 is 21.1 Å². The third-order valence-corrected chi connectivity index (χ3v) is 3.28. The zero-order valence-corrected chi connectivity index (χ0v) is 13.4. The van der Waals surface area contributed by atoms with Gasteiger partial charge in [0.05, 0.1) is 24.0 Å². The van der Waals surface area contributed by atoms with Crippen LogP contribution in [0.1, 0.15) is 10.4 Å². The van der Waals surface area contributed by atoms with Crippen molar-refractivity contribution in [2.75, 3.05) is 17.7 Å². The summed E-state index contributed by atoms with van der Waals surface area (Å²) in [4.78, 5) is 23.6. The Morgan fingerprint density at radius 3 is 2.40 bits per heavy atom. The number of nitrogens with two attached hydrogens (primary N) is 1. The van der Waals surface area contributed by atoms with Gasteiger partial charge in [0, 0.05) is 6.20 Å². The first kappa shape index (κ1) is 17.6. The summed E-state index contributed by atoms with van der Waals surface area (Å²) in [6.07, 6.45) is 1.21. The number of primary amides is 1. The fourth-order valence-corrected chi connectivity index (χ4v) is 2.06. The second-order valence-electron chi connectivity index (χ2n) is 4.88. The Morgan fingerprint density at radius 2 is 1.76 bits per heavy atom. The van der Waals surface area contributed by atoms with Crippen molar-refractivity contribution in [1.29, 1.82) is 5.26 Å². The minimum Gasteiger partial charge on any atom is -0.495 e. The molecule has 2 aromatic rings. The van der Waals surface area contributed by atoms with E-state index in [4.69, 9.17) is 10.5 Å². The maximum absolute atomic E-state index is 12.3. The maximum atomic E-state index is 12.3. The van der Waals surface area contributed by atoms with Crippen molar-refractivity contribution in [2.24, 2.45) is 5.73 Å². The Morgan fingerprint density at radius 1 is 1.12 bits per heavy atom. The monoisotopic (exact) mass is 336 g/mol. The molecular formula is C18H16N4O3. The fraction of sp³-hybridized carbons (Fsp3) is 0.0556. The van der Waals surface area contributed by atoms with E-state index in [-0.39, 0.29) is 11.1 Å². The zero-order chi connectivity index (χ0) is 18.2. The first-order valence-electron chi connectivity index (χ1n) is 7.26. The third kappa shape index (κ3) is 4.36. The minimum absolute atomic E-state index is 0.176. The molecule has 7 heteroatoms. The van der Waals surface area contributed by atoms with Crippen LogP contribution >= 0.6 is 0 Å². The molecule has 0 saturated carbocycles. The van der Waals surface area contributed by atoms with Gasteiger partial charge in [-0.05, 0) is 24.3 Å². The predicted molar refractivity (Wildman–Crippen MR) is 93.9 cm³/mol. The molecular weight excluding hydrogens is 320 g/mol. The molecule has 0 aliphatic carbocycles. The second-order valence-corrected chi connectivity index (χ2v) is 4.88. The van der Waals surface area contributed by atoms with Crippen molar-refractivity contribution in [1.82, 2.24) is 0 Å². The summed E-state index contributed by atoms with van der Waals surface area (Å²) in [6.45, 7) is 0. The van der Waals surface area contributed by atoms with Crippen LogP contribution in [0.4, 0.5) is 11.4 Å². The Bertz CT molecular complexity index is 869. The molecule has 0 aliphatic rings. The second kappa shape index (κ2) is 8.17. The van der Waals surface area contributed by atoms with E-state index in [1.807, 2.05) is 6.07 Å². The molecule has 0 saturated heterocycles. The number of carbonyl (C=O) groups excluding carboxylic acids is 2. The number of benzene rings is 2. The molecule has 126 valence electrons. The van der Waals surface area contributed by atoms with E-state index in [1.54, 1.807) is 48.5 Å². The number of anilines is 2. The highest BCUT2D eigenvalue weighted by Crippen LogP contribution is 2.23. The van der Waals surface area contributed by atoms with Gasteiger partial charge in [0.25, 0.3) is 11.8 Å². The summed E-state index contributed by atoms with van der Waals surface area (Å²) in [6, 6.07) is 15.2. The van der Waals surface area contributed by atoms with E-state index in [0.717, 1.165) is 0 Å². The van der Waals surface area contributed by atoms with Crippen LogP contribution in [0.2, 0.25) is 0 Å². The number of nitrogens with one attached hydrogen (secondary N) is 2. The molecule has 0 aliphatic heterocycles. The Kier molecular flexibility index (Phi) is 5.74. The maximum Gasteiger partial charge on any atom is 0.267 e. The van der Waals surface area contributed by atoms with Gasteiger partial charge in [0.15, 0.2) is 0 Å². The highest BCUT2D eigenvalue weighted by atomic mass is 16.5. The van der Waals surface area contributed by atoms with E-state index in [0.29, 0.717) is 17.1 Å². The van der Waals surface area contributed by atoms with Crippen LogP contribution in [-0.2, 0) is 4.79 Å². The first-order chi connectivity index (χ1) is 12.1. The molecule has 4 N–H and O–H groups in total. The van der Waals surface area contributed by atoms with E-state index in [9.17, 15) is 14.9 Å². The summed E-state index contributed by atoms with van der Waals surface area (Å²) in [7, 11) is 1.48. The quantitative estimate of drug-likeness (QED) is 0.552. The number of rotatable bonds is 6. The van der Waals surface area contributed by atoms with Gasteiger partial charge in [-0.3, -0.25) is 9.59 Å². The number of ether oxygens (including phenoxy) is 1. The summed E-state index contributed by atoms with van der Waals surface area (Å²) in [5.74, 6) is -0.760. The topological polar surface area (TPSA) is 117 Å².